The van der Waals surface area contributed by atoms with E-state index in [1.54, 1.807) is 30.3 Å². The van der Waals surface area contributed by atoms with Gasteiger partial charge in [-0.2, -0.15) is 4.98 Å². The molecule has 1 aromatic heterocycles. The van der Waals surface area contributed by atoms with Crippen molar-refractivity contribution in [3.05, 3.63) is 72.2 Å². The number of aromatic nitrogens is 2. The predicted molar refractivity (Wildman–Crippen MR) is 88.3 cm³/mol. The van der Waals surface area contributed by atoms with E-state index in [2.05, 4.69) is 9.97 Å². The molecule has 0 unspecified atom stereocenters. The van der Waals surface area contributed by atoms with Gasteiger partial charge in [-0.05, 0) is 23.8 Å². The van der Waals surface area contributed by atoms with Crippen LogP contribution in [0.25, 0.3) is 0 Å². The number of sulfonamides is 1. The molecule has 0 saturated carbocycles. The maximum absolute atomic E-state index is 13.2. The zero-order valence-electron chi connectivity index (χ0n) is 12.8. The van der Waals surface area contributed by atoms with Crippen molar-refractivity contribution < 1.29 is 17.5 Å². The summed E-state index contributed by atoms with van der Waals surface area (Å²) < 4.78 is 45.2. The number of ether oxygens (including phenoxy) is 1. The van der Waals surface area contributed by atoms with Crippen LogP contribution in [-0.4, -0.2) is 18.4 Å². The molecule has 1 aliphatic rings. The van der Waals surface area contributed by atoms with E-state index < -0.39 is 15.8 Å². The maximum atomic E-state index is 13.2. The first-order valence-corrected chi connectivity index (χ1v) is 8.85. The third kappa shape index (κ3) is 2.80. The first-order chi connectivity index (χ1) is 12.0. The molecule has 0 spiro atoms. The number of rotatable bonds is 3. The second kappa shape index (κ2) is 5.82. The third-order valence-electron chi connectivity index (χ3n) is 3.73. The Labute approximate surface area is 143 Å². The van der Waals surface area contributed by atoms with Crippen molar-refractivity contribution in [1.29, 1.82) is 0 Å². The fourth-order valence-electron chi connectivity index (χ4n) is 2.60. The Morgan fingerprint density at radius 2 is 1.92 bits per heavy atom. The van der Waals surface area contributed by atoms with E-state index in [-0.39, 0.29) is 29.0 Å². The molecule has 2 aromatic carbocycles. The molecule has 0 atom stereocenters. The van der Waals surface area contributed by atoms with Gasteiger partial charge in [-0.3, -0.25) is 0 Å². The highest BCUT2D eigenvalue weighted by Gasteiger charge is 2.35. The summed E-state index contributed by atoms with van der Waals surface area (Å²) in [5.74, 6) is -0.0338. The molecule has 3 aromatic rings. The largest absolute Gasteiger partial charge is 0.424 e. The zero-order chi connectivity index (χ0) is 17.4. The monoisotopic (exact) mass is 357 g/mol. The SMILES string of the molecule is O=S1(=O)c2ccccc2CN1c1ccnc(Oc2cccc(F)c2)n1. The smallest absolute Gasteiger partial charge is 0.323 e. The molecule has 0 fully saturated rings. The second-order valence-corrected chi connectivity index (χ2v) is 7.21. The fourth-order valence-corrected chi connectivity index (χ4v) is 4.21. The Balaban J connectivity index is 1.67. The molecule has 0 N–H and O–H groups in total. The minimum absolute atomic E-state index is 0.0609. The van der Waals surface area contributed by atoms with Gasteiger partial charge >= 0.3 is 6.01 Å². The number of hydrogen-bond donors (Lipinski definition) is 0. The van der Waals surface area contributed by atoms with Crippen LogP contribution in [-0.2, 0) is 16.6 Å². The molecular formula is C17H12FN3O3S. The normalized spacial score (nSPS) is 15.0. The van der Waals surface area contributed by atoms with Crippen molar-refractivity contribution >= 4 is 15.8 Å². The Hall–Kier alpha value is -3.00. The highest BCUT2D eigenvalue weighted by Crippen LogP contribution is 2.34. The number of hydrogen-bond acceptors (Lipinski definition) is 5. The zero-order valence-corrected chi connectivity index (χ0v) is 13.6. The highest BCUT2D eigenvalue weighted by molar-refractivity contribution is 7.93. The van der Waals surface area contributed by atoms with Crippen LogP contribution in [0.2, 0.25) is 0 Å². The predicted octanol–water partition coefficient (Wildman–Crippen LogP) is 3.12. The van der Waals surface area contributed by atoms with Crippen LogP contribution in [0.1, 0.15) is 5.56 Å². The summed E-state index contributed by atoms with van der Waals surface area (Å²) in [5, 5.41) is 0. The lowest BCUT2D eigenvalue weighted by molar-refractivity contribution is 0.438. The van der Waals surface area contributed by atoms with E-state index in [0.29, 0.717) is 5.56 Å². The average Bonchev–Trinajstić information content (AvgIpc) is 2.87. The summed E-state index contributed by atoms with van der Waals surface area (Å²) in [6.07, 6.45) is 1.40. The van der Waals surface area contributed by atoms with Gasteiger partial charge in [0.25, 0.3) is 10.0 Å². The Kier molecular flexibility index (Phi) is 3.61. The van der Waals surface area contributed by atoms with Crippen LogP contribution in [0.3, 0.4) is 0 Å². The number of nitrogens with zero attached hydrogens (tertiary/aromatic N) is 3. The van der Waals surface area contributed by atoms with Crippen LogP contribution in [0.15, 0.2) is 65.7 Å². The average molecular weight is 357 g/mol. The number of anilines is 1. The topological polar surface area (TPSA) is 72.4 Å². The van der Waals surface area contributed by atoms with Gasteiger partial charge in [0.2, 0.25) is 0 Å². The number of halogens is 1. The standard InChI is InChI=1S/C17H12FN3O3S/c18-13-5-3-6-14(10-13)24-17-19-9-8-16(20-17)21-11-12-4-1-2-7-15(12)25(21,22)23/h1-10H,11H2. The van der Waals surface area contributed by atoms with Gasteiger partial charge in [0.05, 0.1) is 11.4 Å². The van der Waals surface area contributed by atoms with Crippen LogP contribution in [0.5, 0.6) is 11.8 Å². The van der Waals surface area contributed by atoms with E-state index in [9.17, 15) is 12.8 Å². The van der Waals surface area contributed by atoms with Crippen molar-refractivity contribution in [2.75, 3.05) is 4.31 Å². The van der Waals surface area contributed by atoms with Crippen molar-refractivity contribution in [3.8, 4) is 11.8 Å². The van der Waals surface area contributed by atoms with Crippen molar-refractivity contribution in [2.45, 2.75) is 11.4 Å². The third-order valence-corrected chi connectivity index (χ3v) is 5.58. The molecule has 0 radical (unpaired) electrons. The van der Waals surface area contributed by atoms with Crippen LogP contribution in [0, 0.1) is 5.82 Å². The van der Waals surface area contributed by atoms with Gasteiger partial charge < -0.3 is 4.74 Å². The molecule has 0 saturated heterocycles. The summed E-state index contributed by atoms with van der Waals surface area (Å²) in [5.41, 5.74) is 0.703. The molecule has 0 amide bonds. The molecule has 126 valence electrons. The second-order valence-electron chi connectivity index (χ2n) is 5.38. The van der Waals surface area contributed by atoms with Gasteiger partial charge in [-0.1, -0.05) is 24.3 Å². The highest BCUT2D eigenvalue weighted by atomic mass is 32.2. The van der Waals surface area contributed by atoms with Crippen LogP contribution >= 0.6 is 0 Å². The number of benzene rings is 2. The van der Waals surface area contributed by atoms with Crippen molar-refractivity contribution in [3.63, 3.8) is 0 Å². The maximum Gasteiger partial charge on any atom is 0.323 e. The quantitative estimate of drug-likeness (QED) is 0.720. The summed E-state index contributed by atoms with van der Waals surface area (Å²) in [7, 11) is -3.67. The minimum atomic E-state index is -3.67. The van der Waals surface area contributed by atoms with Gasteiger partial charge in [-0.15, -0.1) is 0 Å². The summed E-state index contributed by atoms with van der Waals surface area (Å²) in [4.78, 5) is 8.37. The van der Waals surface area contributed by atoms with E-state index in [1.165, 1.54) is 34.8 Å². The summed E-state index contributed by atoms with van der Waals surface area (Å²) >= 11 is 0. The molecule has 25 heavy (non-hydrogen) atoms. The van der Waals surface area contributed by atoms with Gasteiger partial charge in [-0.25, -0.2) is 22.1 Å². The lowest BCUT2D eigenvalue weighted by Crippen LogP contribution is -2.24. The van der Waals surface area contributed by atoms with E-state index >= 15 is 0 Å². The Morgan fingerprint density at radius 3 is 2.72 bits per heavy atom. The summed E-state index contributed by atoms with van der Waals surface area (Å²) in [6, 6.07) is 13.8. The van der Waals surface area contributed by atoms with E-state index in [1.807, 2.05) is 0 Å². The van der Waals surface area contributed by atoms with Gasteiger partial charge in [0.1, 0.15) is 17.4 Å². The van der Waals surface area contributed by atoms with E-state index in [4.69, 9.17) is 4.74 Å². The lowest BCUT2D eigenvalue weighted by Gasteiger charge is -2.16. The minimum Gasteiger partial charge on any atom is -0.424 e. The molecule has 0 bridgehead atoms. The molecule has 6 nitrogen and oxygen atoms in total. The first-order valence-electron chi connectivity index (χ1n) is 7.41. The van der Waals surface area contributed by atoms with Gasteiger partial charge in [0.15, 0.2) is 0 Å². The van der Waals surface area contributed by atoms with Crippen molar-refractivity contribution in [2.24, 2.45) is 0 Å². The molecule has 8 heteroatoms. The molecule has 0 aliphatic carbocycles. The molecule has 1 aliphatic heterocycles. The molecular weight excluding hydrogens is 345 g/mol. The first kappa shape index (κ1) is 15.5. The van der Waals surface area contributed by atoms with Crippen LogP contribution in [0.4, 0.5) is 10.2 Å². The number of fused-ring (bicyclic) bond motifs is 1. The van der Waals surface area contributed by atoms with Crippen molar-refractivity contribution in [1.82, 2.24) is 9.97 Å². The molecule has 4 rings (SSSR count). The fraction of sp³-hybridized carbons (Fsp3) is 0.0588. The Bertz CT molecular complexity index is 1060. The van der Waals surface area contributed by atoms with Crippen LogP contribution < -0.4 is 9.04 Å². The molecule has 2 heterocycles. The van der Waals surface area contributed by atoms with E-state index in [0.717, 1.165) is 0 Å². The Morgan fingerprint density at radius 1 is 1.08 bits per heavy atom. The summed E-state index contributed by atoms with van der Waals surface area (Å²) in [6.45, 7) is 0.189. The van der Waals surface area contributed by atoms with Gasteiger partial charge in [0, 0.05) is 18.3 Å². The lowest BCUT2D eigenvalue weighted by atomic mass is 10.2.